The Kier molecular flexibility index (Phi) is 8.13. The van der Waals surface area contributed by atoms with Crippen molar-refractivity contribution in [2.24, 2.45) is 4.99 Å². The molecule has 9 heteroatoms. The molecular formula is C33H31BF2N2S4. The first kappa shape index (κ1) is 29.2. The molecule has 0 saturated heterocycles. The maximum absolute atomic E-state index is 14.7. The van der Waals surface area contributed by atoms with Crippen molar-refractivity contribution in [1.82, 2.24) is 4.48 Å². The lowest BCUT2D eigenvalue weighted by Gasteiger charge is -2.15. The highest BCUT2D eigenvalue weighted by molar-refractivity contribution is 7.28. The number of rotatable bonds is 8. The Labute approximate surface area is 262 Å². The molecule has 0 bridgehead atoms. The van der Waals surface area contributed by atoms with E-state index in [1.807, 2.05) is 39.0 Å². The van der Waals surface area contributed by atoms with Crippen LogP contribution in [0.1, 0.15) is 61.5 Å². The zero-order valence-electron chi connectivity index (χ0n) is 24.5. The van der Waals surface area contributed by atoms with Crippen molar-refractivity contribution < 1.29 is 8.63 Å². The number of halogens is 2. The largest absolute Gasteiger partial charge is 0.677 e. The molecule has 6 rings (SSSR count). The van der Waals surface area contributed by atoms with Gasteiger partial charge in [-0.05, 0) is 111 Å². The molecule has 0 aliphatic carbocycles. The molecule has 214 valence electrons. The number of hydrogen-bond acceptors (Lipinski definition) is 5. The Morgan fingerprint density at radius 3 is 1.90 bits per heavy atom. The molecule has 0 saturated carbocycles. The highest BCUT2D eigenvalue weighted by atomic mass is 32.1. The van der Waals surface area contributed by atoms with E-state index in [0.29, 0.717) is 17.8 Å². The zero-order chi connectivity index (χ0) is 29.7. The minimum atomic E-state index is -2.64. The first-order valence-corrected chi connectivity index (χ1v) is 17.4. The summed E-state index contributed by atoms with van der Waals surface area (Å²) in [7, 11) is -2.64. The van der Waals surface area contributed by atoms with E-state index in [1.165, 1.54) is 34.4 Å². The van der Waals surface area contributed by atoms with Crippen LogP contribution < -0.4 is 0 Å². The van der Waals surface area contributed by atoms with E-state index in [2.05, 4.69) is 67.8 Å². The van der Waals surface area contributed by atoms with E-state index >= 15 is 0 Å². The average molecular weight is 633 g/mol. The van der Waals surface area contributed by atoms with Crippen molar-refractivity contribution >= 4 is 64.0 Å². The van der Waals surface area contributed by atoms with Crippen LogP contribution in [0.4, 0.5) is 8.63 Å². The second-order valence-electron chi connectivity index (χ2n) is 10.4. The first-order chi connectivity index (χ1) is 20.2. The Balaban J connectivity index is 1.47. The van der Waals surface area contributed by atoms with Crippen LogP contribution in [0.25, 0.3) is 34.8 Å². The summed E-state index contributed by atoms with van der Waals surface area (Å²) in [5, 5.41) is 2.11. The zero-order valence-corrected chi connectivity index (χ0v) is 27.7. The lowest BCUT2D eigenvalue weighted by molar-refractivity contribution is 0.623. The molecule has 5 aromatic heterocycles. The van der Waals surface area contributed by atoms with Crippen molar-refractivity contribution in [2.45, 2.75) is 54.4 Å². The molecule has 42 heavy (non-hydrogen) atoms. The van der Waals surface area contributed by atoms with Crippen LogP contribution in [-0.2, 0) is 6.42 Å². The molecule has 2 nitrogen and oxygen atoms in total. The third-order valence-corrected chi connectivity index (χ3v) is 12.8. The fraction of sp³-hybridized carbons (Fsp3) is 0.242. The van der Waals surface area contributed by atoms with Gasteiger partial charge in [0.2, 0.25) is 0 Å². The monoisotopic (exact) mass is 632 g/mol. The van der Waals surface area contributed by atoms with Crippen LogP contribution in [0.3, 0.4) is 0 Å². The lowest BCUT2D eigenvalue weighted by Crippen LogP contribution is -2.18. The van der Waals surface area contributed by atoms with Gasteiger partial charge < -0.3 is 4.48 Å². The van der Waals surface area contributed by atoms with E-state index in [4.69, 9.17) is 4.99 Å². The molecule has 0 radical (unpaired) electrons. The topological polar surface area (TPSA) is 17.3 Å². The van der Waals surface area contributed by atoms with Gasteiger partial charge in [-0.3, -0.25) is 13.6 Å². The molecule has 0 unspecified atom stereocenters. The van der Waals surface area contributed by atoms with Crippen LogP contribution in [-0.4, -0.2) is 17.6 Å². The van der Waals surface area contributed by atoms with Crippen molar-refractivity contribution in [2.75, 3.05) is 0 Å². The highest BCUT2D eigenvalue weighted by Crippen LogP contribution is 2.46. The van der Waals surface area contributed by atoms with Gasteiger partial charge in [0.25, 0.3) is 0 Å². The Hall–Kier alpha value is -2.85. The Bertz CT molecular complexity index is 1880. The minimum Gasteiger partial charge on any atom is -0.329 e. The van der Waals surface area contributed by atoms with E-state index in [-0.39, 0.29) is 0 Å². The number of aromatic nitrogens is 1. The second-order valence-corrected chi connectivity index (χ2v) is 14.6. The minimum absolute atomic E-state index is 0.586. The molecule has 0 aromatic carbocycles. The van der Waals surface area contributed by atoms with Crippen molar-refractivity contribution in [3.63, 3.8) is 0 Å². The predicted molar refractivity (Wildman–Crippen MR) is 183 cm³/mol. The van der Waals surface area contributed by atoms with Crippen LogP contribution in [0.15, 0.2) is 75.7 Å². The van der Waals surface area contributed by atoms with Crippen molar-refractivity contribution in [1.29, 1.82) is 0 Å². The predicted octanol–water partition coefficient (Wildman–Crippen LogP) is 11.6. The van der Waals surface area contributed by atoms with Crippen LogP contribution >= 0.6 is 45.3 Å². The third kappa shape index (κ3) is 4.94. The average Bonchev–Trinajstić information content (AvgIpc) is 3.79. The summed E-state index contributed by atoms with van der Waals surface area (Å²) in [6.07, 6.45) is 1.56. The van der Waals surface area contributed by atoms with Gasteiger partial charge in [0.05, 0.1) is 5.70 Å². The van der Waals surface area contributed by atoms with Gasteiger partial charge in [0, 0.05) is 56.8 Å². The fourth-order valence-electron chi connectivity index (χ4n) is 6.05. The summed E-state index contributed by atoms with van der Waals surface area (Å²) in [4.78, 5) is 13.3. The molecule has 5 aromatic rings. The molecule has 0 atom stereocenters. The maximum Gasteiger partial charge on any atom is 0.677 e. The van der Waals surface area contributed by atoms with Crippen LogP contribution in [0, 0.1) is 13.8 Å². The molecule has 1 aliphatic heterocycles. The van der Waals surface area contributed by atoms with Gasteiger partial charge in [-0.2, -0.15) is 0 Å². The standard InChI is InChI=1S/C33H31BF2N2S4/c1-7-22-18(3)32(37-20(22)5)31(33-19(4)23(8-2)21(6)38(33)34(35)36)30-16-15-29(42-30)28-14-13-27(41-28)26-12-11-25(40-26)24-10-9-17-39-24/h9-17H,7-8H2,1-6H3/b32-31-. The van der Waals surface area contributed by atoms with E-state index in [0.717, 1.165) is 49.9 Å². The normalized spacial score (nSPS) is 14.7. The summed E-state index contributed by atoms with van der Waals surface area (Å²) in [5.74, 6) is 0. The highest BCUT2D eigenvalue weighted by Gasteiger charge is 2.33. The molecular weight excluding hydrogens is 601 g/mol. The number of thiophene rings is 4. The van der Waals surface area contributed by atoms with Gasteiger partial charge in [-0.15, -0.1) is 45.3 Å². The van der Waals surface area contributed by atoms with Gasteiger partial charge >= 0.3 is 7.40 Å². The van der Waals surface area contributed by atoms with Gasteiger partial charge in [-0.25, -0.2) is 0 Å². The van der Waals surface area contributed by atoms with Crippen molar-refractivity contribution in [3.8, 4) is 29.3 Å². The van der Waals surface area contributed by atoms with Crippen LogP contribution in [0.5, 0.6) is 0 Å². The van der Waals surface area contributed by atoms with E-state index in [1.54, 1.807) is 34.0 Å². The quantitative estimate of drug-likeness (QED) is 0.152. The van der Waals surface area contributed by atoms with Gasteiger partial charge in [0.15, 0.2) is 0 Å². The Morgan fingerprint density at radius 1 is 0.786 bits per heavy atom. The smallest absolute Gasteiger partial charge is 0.329 e. The fourth-order valence-corrected chi connectivity index (χ4v) is 10.1. The number of hydrogen-bond donors (Lipinski definition) is 0. The Morgan fingerprint density at radius 2 is 1.38 bits per heavy atom. The lowest BCUT2D eigenvalue weighted by atomic mass is 9.96. The van der Waals surface area contributed by atoms with E-state index < -0.39 is 7.40 Å². The molecule has 0 fully saturated rings. The van der Waals surface area contributed by atoms with Gasteiger partial charge in [0.1, 0.15) is 0 Å². The third-order valence-electron chi connectivity index (χ3n) is 8.06. The summed E-state index contributed by atoms with van der Waals surface area (Å²) in [5.41, 5.74) is 7.98. The van der Waals surface area contributed by atoms with E-state index in [9.17, 15) is 8.63 Å². The molecule has 0 spiro atoms. The molecule has 0 amide bonds. The second kappa shape index (κ2) is 11.7. The number of allylic oxidation sites excluding steroid dienone is 2. The summed E-state index contributed by atoms with van der Waals surface area (Å²) in [6.45, 7) is 12.1. The first-order valence-electron chi connectivity index (χ1n) is 14.1. The molecule has 1 aliphatic rings. The number of aliphatic imine (C=N–C) groups is 1. The maximum atomic E-state index is 14.7. The summed E-state index contributed by atoms with van der Waals surface area (Å²) < 4.78 is 30.7. The molecule has 6 heterocycles. The number of nitrogens with zero attached hydrogens (tertiary/aromatic N) is 2. The summed E-state index contributed by atoms with van der Waals surface area (Å²) >= 11 is 7.01. The molecule has 0 N–H and O–H groups in total. The summed E-state index contributed by atoms with van der Waals surface area (Å²) in [6, 6.07) is 17.2. The SMILES string of the molecule is CCC1=C(C)/C(=C(\c2ccc(-c3ccc(-c4ccc(-c5cccs5)s4)s3)s2)c2c(C)c(CC)c(C)n2B(F)F)N=C1C. The van der Waals surface area contributed by atoms with Crippen LogP contribution in [0.2, 0.25) is 0 Å². The van der Waals surface area contributed by atoms with Crippen molar-refractivity contribution in [3.05, 3.63) is 98.1 Å². The van der Waals surface area contributed by atoms with Gasteiger partial charge in [-0.1, -0.05) is 19.9 Å².